The lowest BCUT2D eigenvalue weighted by Gasteiger charge is -2.11. The number of carbonyl (C=O) groups excluding carboxylic acids is 1. The molecule has 88 valence electrons. The van der Waals surface area contributed by atoms with E-state index in [1.807, 2.05) is 0 Å². The summed E-state index contributed by atoms with van der Waals surface area (Å²) in [5.41, 5.74) is -0.869. The molecule has 0 unspecified atom stereocenters. The Kier molecular flexibility index (Phi) is 3.80. The first-order valence-electron chi connectivity index (χ1n) is 4.51. The van der Waals surface area contributed by atoms with Gasteiger partial charge in [0.15, 0.2) is 0 Å². The summed E-state index contributed by atoms with van der Waals surface area (Å²) >= 11 is 5.67. The number of carbonyl (C=O) groups is 1. The zero-order valence-corrected chi connectivity index (χ0v) is 9.12. The van der Waals surface area contributed by atoms with Crippen LogP contribution in [0.3, 0.4) is 0 Å². The molecule has 1 rings (SSSR count). The second kappa shape index (κ2) is 4.74. The molecule has 1 aromatic carbocycles. The van der Waals surface area contributed by atoms with Crippen LogP contribution in [0.5, 0.6) is 0 Å². The first-order valence-corrected chi connectivity index (χ1v) is 4.89. The lowest BCUT2D eigenvalue weighted by atomic mass is 10.2. The van der Waals surface area contributed by atoms with Crippen LogP contribution in [0.2, 0.25) is 5.02 Å². The number of amides is 1. The van der Waals surface area contributed by atoms with Crippen LogP contribution in [0, 0.1) is 0 Å². The SMILES string of the molecule is CCC(=O)Nc1cc(C(F)(F)F)ccc1Cl. The molecular formula is C10H9ClF3NO. The van der Waals surface area contributed by atoms with E-state index in [1.54, 1.807) is 6.92 Å². The van der Waals surface area contributed by atoms with Crippen LogP contribution < -0.4 is 5.32 Å². The standard InChI is InChI=1S/C10H9ClF3NO/c1-2-9(16)15-8-5-6(10(12,13)14)3-4-7(8)11/h3-5H,2H2,1H3,(H,15,16). The summed E-state index contributed by atoms with van der Waals surface area (Å²) in [4.78, 5) is 11.0. The summed E-state index contributed by atoms with van der Waals surface area (Å²) in [6.45, 7) is 1.59. The van der Waals surface area contributed by atoms with Crippen molar-refractivity contribution in [2.45, 2.75) is 19.5 Å². The molecule has 2 nitrogen and oxygen atoms in total. The lowest BCUT2D eigenvalue weighted by molar-refractivity contribution is -0.137. The molecule has 0 heterocycles. The molecule has 0 spiro atoms. The number of halogens is 4. The van der Waals surface area contributed by atoms with Crippen LogP contribution in [-0.2, 0) is 11.0 Å². The molecule has 0 aliphatic rings. The number of alkyl halides is 3. The molecule has 0 aromatic heterocycles. The molecule has 0 fully saturated rings. The van der Waals surface area contributed by atoms with Gasteiger partial charge in [-0.2, -0.15) is 13.2 Å². The fraction of sp³-hybridized carbons (Fsp3) is 0.300. The second-order valence-electron chi connectivity index (χ2n) is 3.09. The van der Waals surface area contributed by atoms with Gasteiger partial charge in [-0.3, -0.25) is 4.79 Å². The summed E-state index contributed by atoms with van der Waals surface area (Å²) in [7, 11) is 0. The van der Waals surface area contributed by atoms with E-state index < -0.39 is 11.7 Å². The van der Waals surface area contributed by atoms with Crippen molar-refractivity contribution in [1.82, 2.24) is 0 Å². The van der Waals surface area contributed by atoms with E-state index in [2.05, 4.69) is 5.32 Å². The van der Waals surface area contributed by atoms with E-state index in [4.69, 9.17) is 11.6 Å². The third-order valence-corrected chi connectivity index (χ3v) is 2.22. The van der Waals surface area contributed by atoms with Crippen LogP contribution in [0.25, 0.3) is 0 Å². The van der Waals surface area contributed by atoms with Gasteiger partial charge in [0.2, 0.25) is 5.91 Å². The monoisotopic (exact) mass is 251 g/mol. The lowest BCUT2D eigenvalue weighted by Crippen LogP contribution is -2.12. The third-order valence-electron chi connectivity index (χ3n) is 1.89. The van der Waals surface area contributed by atoms with Gasteiger partial charge in [-0.1, -0.05) is 18.5 Å². The number of hydrogen-bond donors (Lipinski definition) is 1. The number of benzene rings is 1. The molecule has 0 radical (unpaired) electrons. The number of nitrogens with one attached hydrogen (secondary N) is 1. The fourth-order valence-corrected chi connectivity index (χ4v) is 1.20. The van der Waals surface area contributed by atoms with Crippen molar-refractivity contribution in [2.24, 2.45) is 0 Å². The zero-order chi connectivity index (χ0) is 12.3. The van der Waals surface area contributed by atoms with Gasteiger partial charge in [0.1, 0.15) is 0 Å². The Morgan fingerprint density at radius 2 is 2.06 bits per heavy atom. The van der Waals surface area contributed by atoms with Crippen LogP contribution in [0.4, 0.5) is 18.9 Å². The Morgan fingerprint density at radius 3 is 2.56 bits per heavy atom. The van der Waals surface area contributed by atoms with E-state index in [0.717, 1.165) is 18.2 Å². The molecule has 0 atom stereocenters. The summed E-state index contributed by atoms with van der Waals surface area (Å²) in [6.07, 6.45) is -4.27. The quantitative estimate of drug-likeness (QED) is 0.853. The molecular weight excluding hydrogens is 243 g/mol. The van der Waals surface area contributed by atoms with Gasteiger partial charge in [0.05, 0.1) is 16.3 Å². The highest BCUT2D eigenvalue weighted by atomic mass is 35.5. The van der Waals surface area contributed by atoms with Crippen LogP contribution in [0.1, 0.15) is 18.9 Å². The van der Waals surface area contributed by atoms with Gasteiger partial charge < -0.3 is 5.32 Å². The fourth-order valence-electron chi connectivity index (χ4n) is 1.04. The predicted molar refractivity (Wildman–Crippen MR) is 55.4 cm³/mol. The molecule has 6 heteroatoms. The molecule has 1 aromatic rings. The largest absolute Gasteiger partial charge is 0.416 e. The molecule has 1 amide bonds. The van der Waals surface area contributed by atoms with E-state index >= 15 is 0 Å². The van der Waals surface area contributed by atoms with E-state index in [1.165, 1.54) is 0 Å². The summed E-state index contributed by atoms with van der Waals surface area (Å²) in [6, 6.07) is 2.79. The average molecular weight is 252 g/mol. The van der Waals surface area contributed by atoms with Crippen molar-refractivity contribution in [1.29, 1.82) is 0 Å². The highest BCUT2D eigenvalue weighted by Gasteiger charge is 2.31. The molecule has 0 aliphatic heterocycles. The number of anilines is 1. The minimum atomic E-state index is -4.45. The van der Waals surface area contributed by atoms with Crippen LogP contribution >= 0.6 is 11.6 Å². The summed E-state index contributed by atoms with van der Waals surface area (Å²) in [5, 5.41) is 2.38. The van der Waals surface area contributed by atoms with Crippen molar-refractivity contribution < 1.29 is 18.0 Å². The zero-order valence-electron chi connectivity index (χ0n) is 8.36. The third kappa shape index (κ3) is 3.13. The Bertz CT molecular complexity index is 404. The molecule has 16 heavy (non-hydrogen) atoms. The maximum atomic E-state index is 12.4. The van der Waals surface area contributed by atoms with Gasteiger partial charge in [-0.15, -0.1) is 0 Å². The van der Waals surface area contributed by atoms with Gasteiger partial charge in [0.25, 0.3) is 0 Å². The topological polar surface area (TPSA) is 29.1 Å². The van der Waals surface area contributed by atoms with Crippen molar-refractivity contribution in [2.75, 3.05) is 5.32 Å². The van der Waals surface area contributed by atoms with E-state index in [-0.39, 0.29) is 23.0 Å². The van der Waals surface area contributed by atoms with Crippen molar-refractivity contribution in [3.8, 4) is 0 Å². The summed E-state index contributed by atoms with van der Waals surface area (Å²) in [5.74, 6) is -0.388. The summed E-state index contributed by atoms with van der Waals surface area (Å²) < 4.78 is 37.1. The van der Waals surface area contributed by atoms with Gasteiger partial charge in [-0.05, 0) is 18.2 Å². The number of hydrogen-bond acceptors (Lipinski definition) is 1. The molecule has 0 saturated carbocycles. The predicted octanol–water partition coefficient (Wildman–Crippen LogP) is 3.71. The first kappa shape index (κ1) is 12.8. The average Bonchev–Trinajstić information content (AvgIpc) is 2.19. The Morgan fingerprint density at radius 1 is 1.44 bits per heavy atom. The Hall–Kier alpha value is -1.23. The Labute approximate surface area is 95.4 Å². The molecule has 0 aliphatic carbocycles. The molecule has 0 bridgehead atoms. The van der Waals surface area contributed by atoms with Gasteiger partial charge in [-0.25, -0.2) is 0 Å². The first-order chi connectivity index (χ1) is 7.34. The van der Waals surface area contributed by atoms with Crippen LogP contribution in [-0.4, -0.2) is 5.91 Å². The molecule has 0 saturated heterocycles. The second-order valence-corrected chi connectivity index (χ2v) is 3.50. The highest BCUT2D eigenvalue weighted by molar-refractivity contribution is 6.33. The van der Waals surface area contributed by atoms with Gasteiger partial charge >= 0.3 is 6.18 Å². The molecule has 1 N–H and O–H groups in total. The van der Waals surface area contributed by atoms with E-state index in [0.29, 0.717) is 0 Å². The van der Waals surface area contributed by atoms with Crippen LogP contribution in [0.15, 0.2) is 18.2 Å². The minimum Gasteiger partial charge on any atom is -0.325 e. The maximum absolute atomic E-state index is 12.4. The van der Waals surface area contributed by atoms with Crippen molar-refractivity contribution in [3.05, 3.63) is 28.8 Å². The minimum absolute atomic E-state index is 0.0247. The van der Waals surface area contributed by atoms with E-state index in [9.17, 15) is 18.0 Å². The normalized spacial score (nSPS) is 11.3. The maximum Gasteiger partial charge on any atom is 0.416 e. The highest BCUT2D eigenvalue weighted by Crippen LogP contribution is 2.33. The smallest absolute Gasteiger partial charge is 0.325 e. The van der Waals surface area contributed by atoms with Gasteiger partial charge in [0, 0.05) is 6.42 Å². The Balaban J connectivity index is 3.04. The number of rotatable bonds is 2. The van der Waals surface area contributed by atoms with Crippen molar-refractivity contribution >= 4 is 23.2 Å². The van der Waals surface area contributed by atoms with Crippen molar-refractivity contribution in [3.63, 3.8) is 0 Å².